The molecule has 0 spiro atoms. The molecule has 2 aromatic rings. The third-order valence-corrected chi connectivity index (χ3v) is 3.14. The standard InChI is InChI=1S/C18H13F2NO3/c1-23-15-9-5-8-13(17(15)24-18(19)20)10-14(11-21)16(22)12-6-3-2-4-7-12/h2-10,18H,1H3. The van der Waals surface area contributed by atoms with E-state index in [9.17, 15) is 18.8 Å². The Morgan fingerprint density at radius 1 is 1.17 bits per heavy atom. The Balaban J connectivity index is 2.48. The molecule has 0 saturated heterocycles. The van der Waals surface area contributed by atoms with E-state index in [1.54, 1.807) is 42.5 Å². The van der Waals surface area contributed by atoms with Crippen LogP contribution >= 0.6 is 0 Å². The first kappa shape index (κ1) is 17.2. The quantitative estimate of drug-likeness (QED) is 0.455. The van der Waals surface area contributed by atoms with Gasteiger partial charge in [-0.3, -0.25) is 4.79 Å². The topological polar surface area (TPSA) is 59.3 Å². The molecule has 0 radical (unpaired) electrons. The Bertz CT molecular complexity index is 796. The molecule has 6 heteroatoms. The number of allylic oxidation sites excluding steroid dienone is 1. The van der Waals surface area contributed by atoms with Crippen LogP contribution in [-0.4, -0.2) is 19.5 Å². The van der Waals surface area contributed by atoms with Gasteiger partial charge in [0, 0.05) is 11.1 Å². The number of carbonyl (C=O) groups excluding carboxylic acids is 1. The van der Waals surface area contributed by atoms with Gasteiger partial charge in [-0.2, -0.15) is 14.0 Å². The lowest BCUT2D eigenvalue weighted by Gasteiger charge is -2.12. The molecule has 0 heterocycles. The highest BCUT2D eigenvalue weighted by Gasteiger charge is 2.17. The Labute approximate surface area is 137 Å². The van der Waals surface area contributed by atoms with Crippen LogP contribution in [0.5, 0.6) is 11.5 Å². The van der Waals surface area contributed by atoms with Crippen LogP contribution < -0.4 is 9.47 Å². The number of hydrogen-bond acceptors (Lipinski definition) is 4. The number of alkyl halides is 2. The zero-order chi connectivity index (χ0) is 17.5. The molecule has 2 aromatic carbocycles. The molecule has 0 bridgehead atoms. The van der Waals surface area contributed by atoms with E-state index in [0.717, 1.165) is 0 Å². The average Bonchev–Trinajstić information content (AvgIpc) is 2.60. The summed E-state index contributed by atoms with van der Waals surface area (Å²) in [5.41, 5.74) is 0.272. The van der Waals surface area contributed by atoms with Gasteiger partial charge in [0.15, 0.2) is 11.5 Å². The van der Waals surface area contributed by atoms with Crippen molar-refractivity contribution in [2.45, 2.75) is 6.61 Å². The normalized spacial score (nSPS) is 11.0. The molecule has 0 atom stereocenters. The first-order chi connectivity index (χ1) is 11.6. The van der Waals surface area contributed by atoms with Crippen molar-refractivity contribution in [2.75, 3.05) is 7.11 Å². The van der Waals surface area contributed by atoms with Gasteiger partial charge in [0.1, 0.15) is 11.6 Å². The minimum Gasteiger partial charge on any atom is -0.493 e. The predicted octanol–water partition coefficient (Wildman–Crippen LogP) is 4.09. The number of ketones is 1. The fraction of sp³-hybridized carbons (Fsp3) is 0.111. The molecule has 0 aliphatic heterocycles. The number of carbonyl (C=O) groups is 1. The molecule has 0 unspecified atom stereocenters. The molecule has 0 saturated carbocycles. The first-order valence-corrected chi connectivity index (χ1v) is 6.90. The number of benzene rings is 2. The second-order valence-corrected chi connectivity index (χ2v) is 4.62. The first-order valence-electron chi connectivity index (χ1n) is 6.90. The monoisotopic (exact) mass is 329 g/mol. The summed E-state index contributed by atoms with van der Waals surface area (Å²) in [6, 6.07) is 14.4. The van der Waals surface area contributed by atoms with Crippen molar-refractivity contribution >= 4 is 11.9 Å². The summed E-state index contributed by atoms with van der Waals surface area (Å²) in [6.45, 7) is -3.07. The Morgan fingerprint density at radius 2 is 1.88 bits per heavy atom. The van der Waals surface area contributed by atoms with Gasteiger partial charge in [-0.15, -0.1) is 0 Å². The van der Waals surface area contributed by atoms with Gasteiger partial charge in [-0.1, -0.05) is 42.5 Å². The van der Waals surface area contributed by atoms with Crippen LogP contribution in [0.25, 0.3) is 6.08 Å². The lowest BCUT2D eigenvalue weighted by Crippen LogP contribution is -2.06. The van der Waals surface area contributed by atoms with Crippen molar-refractivity contribution in [3.05, 3.63) is 65.2 Å². The molecule has 4 nitrogen and oxygen atoms in total. The number of halogens is 2. The second-order valence-electron chi connectivity index (χ2n) is 4.62. The van der Waals surface area contributed by atoms with Gasteiger partial charge in [-0.25, -0.2) is 0 Å². The van der Waals surface area contributed by atoms with Crippen LogP contribution in [0.3, 0.4) is 0 Å². The summed E-state index contributed by atoms with van der Waals surface area (Å²) in [6.07, 6.45) is 1.20. The van der Waals surface area contributed by atoms with Crippen molar-refractivity contribution in [3.8, 4) is 17.6 Å². The minimum atomic E-state index is -3.07. The summed E-state index contributed by atoms with van der Waals surface area (Å²) < 4.78 is 34.7. The van der Waals surface area contributed by atoms with E-state index in [4.69, 9.17) is 4.74 Å². The van der Waals surface area contributed by atoms with Gasteiger partial charge < -0.3 is 9.47 Å². The van der Waals surface area contributed by atoms with Crippen molar-refractivity contribution in [3.63, 3.8) is 0 Å². The number of Topliss-reactive ketones (excluding diaryl/α,β-unsaturated/α-hetero) is 1. The molecular formula is C18H13F2NO3. The Hall–Kier alpha value is -3.20. The van der Waals surface area contributed by atoms with Crippen LogP contribution in [-0.2, 0) is 0 Å². The molecule has 0 amide bonds. The summed E-state index contributed by atoms with van der Waals surface area (Å²) in [5.74, 6) is -0.666. The fourth-order valence-electron chi connectivity index (χ4n) is 2.07. The number of hydrogen-bond donors (Lipinski definition) is 0. The van der Waals surface area contributed by atoms with Crippen molar-refractivity contribution < 1.29 is 23.0 Å². The highest BCUT2D eigenvalue weighted by molar-refractivity contribution is 6.14. The van der Waals surface area contributed by atoms with Crippen LogP contribution in [0.2, 0.25) is 0 Å². The number of rotatable bonds is 6. The zero-order valence-electron chi connectivity index (χ0n) is 12.7. The number of methoxy groups -OCH3 is 1. The van der Waals surface area contributed by atoms with Crippen molar-refractivity contribution in [1.29, 1.82) is 5.26 Å². The highest BCUT2D eigenvalue weighted by atomic mass is 19.3. The fourth-order valence-corrected chi connectivity index (χ4v) is 2.07. The largest absolute Gasteiger partial charge is 0.493 e. The van der Waals surface area contributed by atoms with E-state index < -0.39 is 12.4 Å². The Kier molecular flexibility index (Phi) is 5.63. The molecule has 0 fully saturated rings. The molecule has 0 aliphatic carbocycles. The summed E-state index contributed by atoms with van der Waals surface area (Å²) in [7, 11) is 1.31. The van der Waals surface area contributed by atoms with E-state index in [1.165, 1.54) is 25.3 Å². The SMILES string of the molecule is COc1cccc(C=C(C#N)C(=O)c2ccccc2)c1OC(F)F. The van der Waals surface area contributed by atoms with E-state index >= 15 is 0 Å². The summed E-state index contributed by atoms with van der Waals surface area (Å²) in [5, 5.41) is 9.26. The maximum atomic E-state index is 12.6. The number of para-hydroxylation sites is 1. The third kappa shape index (κ3) is 3.96. The summed E-state index contributed by atoms with van der Waals surface area (Å²) >= 11 is 0. The summed E-state index contributed by atoms with van der Waals surface area (Å²) in [4.78, 5) is 12.4. The number of ether oxygens (including phenoxy) is 2. The number of nitrogens with zero attached hydrogens (tertiary/aromatic N) is 1. The van der Waals surface area contributed by atoms with Crippen molar-refractivity contribution in [2.24, 2.45) is 0 Å². The molecule has 0 N–H and O–H groups in total. The smallest absolute Gasteiger partial charge is 0.387 e. The molecule has 122 valence electrons. The van der Waals surface area contributed by atoms with Gasteiger partial charge in [-0.05, 0) is 12.1 Å². The molecule has 24 heavy (non-hydrogen) atoms. The van der Waals surface area contributed by atoms with Gasteiger partial charge in [0.2, 0.25) is 5.78 Å². The van der Waals surface area contributed by atoms with E-state index in [-0.39, 0.29) is 22.6 Å². The maximum Gasteiger partial charge on any atom is 0.387 e. The van der Waals surface area contributed by atoms with E-state index in [2.05, 4.69) is 4.74 Å². The highest BCUT2D eigenvalue weighted by Crippen LogP contribution is 2.34. The average molecular weight is 329 g/mol. The van der Waals surface area contributed by atoms with Crippen LogP contribution in [0.1, 0.15) is 15.9 Å². The van der Waals surface area contributed by atoms with Gasteiger partial charge >= 0.3 is 6.61 Å². The van der Waals surface area contributed by atoms with Crippen LogP contribution in [0.4, 0.5) is 8.78 Å². The molecule has 0 aromatic heterocycles. The molecule has 2 rings (SSSR count). The van der Waals surface area contributed by atoms with Crippen LogP contribution in [0.15, 0.2) is 54.1 Å². The zero-order valence-corrected chi connectivity index (χ0v) is 12.7. The lowest BCUT2D eigenvalue weighted by atomic mass is 10.0. The van der Waals surface area contributed by atoms with Crippen molar-refractivity contribution in [1.82, 2.24) is 0 Å². The minimum absolute atomic E-state index is 0.0773. The predicted molar refractivity (Wildman–Crippen MR) is 84.0 cm³/mol. The third-order valence-electron chi connectivity index (χ3n) is 3.14. The maximum absolute atomic E-state index is 12.6. The van der Waals surface area contributed by atoms with Gasteiger partial charge in [0.05, 0.1) is 7.11 Å². The molecular weight excluding hydrogens is 316 g/mol. The van der Waals surface area contributed by atoms with E-state index in [0.29, 0.717) is 5.56 Å². The van der Waals surface area contributed by atoms with E-state index in [1.807, 2.05) is 0 Å². The number of nitriles is 1. The van der Waals surface area contributed by atoms with Crippen LogP contribution in [0, 0.1) is 11.3 Å². The Morgan fingerprint density at radius 3 is 2.46 bits per heavy atom. The second kappa shape index (κ2) is 7.88. The molecule has 0 aliphatic rings. The van der Waals surface area contributed by atoms with Gasteiger partial charge in [0.25, 0.3) is 0 Å². The lowest BCUT2D eigenvalue weighted by molar-refractivity contribution is -0.0513.